The van der Waals surface area contributed by atoms with Gasteiger partial charge in [0.15, 0.2) is 0 Å². The predicted octanol–water partition coefficient (Wildman–Crippen LogP) is 13.2. The molecule has 0 atom stereocenters. The Morgan fingerprint density at radius 2 is 1.06 bits per heavy atom. The van der Waals surface area contributed by atoms with Crippen molar-refractivity contribution in [2.75, 3.05) is 4.90 Å². The largest absolute Gasteiger partial charge is 0.455 e. The lowest BCUT2D eigenvalue weighted by atomic mass is 9.99. The third-order valence-corrected chi connectivity index (χ3v) is 8.96. The number of rotatable bonds is 6. The highest BCUT2D eigenvalue weighted by molar-refractivity contribution is 6.10. The number of benzene rings is 8. The molecule has 0 saturated heterocycles. The van der Waals surface area contributed by atoms with Gasteiger partial charge < -0.3 is 9.32 Å². The van der Waals surface area contributed by atoms with Crippen LogP contribution in [0.25, 0.3) is 66.1 Å². The molecule has 0 N–H and O–H groups in total. The van der Waals surface area contributed by atoms with Gasteiger partial charge in [0.05, 0.1) is 12.5 Å². The van der Waals surface area contributed by atoms with Crippen molar-refractivity contribution in [3.8, 4) is 33.4 Å². The predicted molar refractivity (Wildman–Crippen MR) is 202 cm³/mol. The van der Waals surface area contributed by atoms with Gasteiger partial charge in [0.2, 0.25) is 0 Å². The van der Waals surface area contributed by atoms with Gasteiger partial charge in [-0.3, -0.25) is 0 Å². The van der Waals surface area contributed by atoms with Crippen LogP contribution in [-0.2, 0) is 0 Å². The molecule has 2 heteroatoms. The summed E-state index contributed by atoms with van der Waals surface area (Å²) >= 11 is 0. The molecule has 0 radical (unpaired) electrons. The molecule has 226 valence electrons. The Morgan fingerprint density at radius 3 is 1.83 bits per heavy atom. The molecule has 1 heterocycles. The molecule has 0 bridgehead atoms. The van der Waals surface area contributed by atoms with E-state index >= 15 is 0 Å². The lowest BCUT2D eigenvalue weighted by molar-refractivity contribution is 0.670. The Labute approximate surface area is 286 Å². The Bertz CT molecular complexity index is 2800. The molecule has 0 fully saturated rings. The molecule has 1 aromatic heterocycles. The molecule has 0 amide bonds. The third kappa shape index (κ3) is 4.92. The van der Waals surface area contributed by atoms with Gasteiger partial charge in [0.25, 0.3) is 0 Å². The maximum absolute atomic E-state index is 8.49. The molecule has 0 spiro atoms. The highest BCUT2D eigenvalue weighted by Crippen LogP contribution is 2.41. The Balaban J connectivity index is 1.13. The SMILES string of the molecule is [2H]c1c([2H])c([2H])c(-c2ccc(N(c3ccc(-c4ccc5oc6c(-c7ccccc7)cccc6c5c4)cc3)c3cccc4ccccc34)cc2)c([2H])c1[2H]. The van der Waals surface area contributed by atoms with E-state index in [2.05, 4.69) is 95.9 Å². The van der Waals surface area contributed by atoms with E-state index in [9.17, 15) is 0 Å². The van der Waals surface area contributed by atoms with Gasteiger partial charge in [-0.05, 0) is 75.7 Å². The van der Waals surface area contributed by atoms with Crippen LogP contribution in [0.4, 0.5) is 17.1 Å². The van der Waals surface area contributed by atoms with Crippen molar-refractivity contribution < 1.29 is 11.3 Å². The van der Waals surface area contributed by atoms with E-state index < -0.39 is 6.04 Å². The lowest BCUT2D eigenvalue weighted by Gasteiger charge is -2.27. The molecule has 0 saturated carbocycles. The second-order valence-corrected chi connectivity index (χ2v) is 11.8. The van der Waals surface area contributed by atoms with Crippen LogP contribution < -0.4 is 4.90 Å². The number of nitrogens with zero attached hydrogens (tertiary/aromatic N) is 1. The average molecular weight is 619 g/mol. The van der Waals surface area contributed by atoms with E-state index in [4.69, 9.17) is 11.3 Å². The third-order valence-electron chi connectivity index (χ3n) is 8.96. The second kappa shape index (κ2) is 11.8. The minimum atomic E-state index is -0.402. The summed E-state index contributed by atoms with van der Waals surface area (Å²) in [6.45, 7) is 0. The maximum Gasteiger partial charge on any atom is 0.143 e. The summed E-state index contributed by atoms with van der Waals surface area (Å²) in [5, 5.41) is 4.34. The normalized spacial score (nSPS) is 12.8. The first kappa shape index (κ1) is 23.0. The van der Waals surface area contributed by atoms with Crippen LogP contribution in [0.5, 0.6) is 0 Å². The zero-order chi connectivity index (χ0) is 36.2. The first-order valence-electron chi connectivity index (χ1n) is 18.4. The quantitative estimate of drug-likeness (QED) is 0.184. The van der Waals surface area contributed by atoms with Gasteiger partial charge in [0.1, 0.15) is 11.2 Å². The van der Waals surface area contributed by atoms with Crippen molar-refractivity contribution in [1.29, 1.82) is 0 Å². The molecular formula is C46H31NO. The van der Waals surface area contributed by atoms with Gasteiger partial charge in [-0.2, -0.15) is 0 Å². The summed E-state index contributed by atoms with van der Waals surface area (Å²) in [6, 6.07) is 52.0. The van der Waals surface area contributed by atoms with E-state index in [-0.39, 0.29) is 29.7 Å². The van der Waals surface area contributed by atoms with Crippen LogP contribution in [0.2, 0.25) is 0 Å². The number of hydrogen-bond acceptors (Lipinski definition) is 2. The van der Waals surface area contributed by atoms with Crippen molar-refractivity contribution in [1.82, 2.24) is 0 Å². The van der Waals surface area contributed by atoms with E-state index in [0.29, 0.717) is 5.56 Å². The van der Waals surface area contributed by atoms with Gasteiger partial charge in [-0.25, -0.2) is 0 Å². The fourth-order valence-corrected chi connectivity index (χ4v) is 6.63. The topological polar surface area (TPSA) is 16.4 Å². The monoisotopic (exact) mass is 618 g/mol. The molecular weight excluding hydrogens is 583 g/mol. The molecule has 48 heavy (non-hydrogen) atoms. The first-order valence-corrected chi connectivity index (χ1v) is 15.9. The first-order chi connectivity index (χ1) is 25.9. The number of hydrogen-bond donors (Lipinski definition) is 0. The molecule has 2 nitrogen and oxygen atoms in total. The number of furan rings is 1. The molecule has 0 unspecified atom stereocenters. The van der Waals surface area contributed by atoms with Crippen LogP contribution >= 0.6 is 0 Å². The van der Waals surface area contributed by atoms with E-state index in [1.54, 1.807) is 0 Å². The summed E-state index contributed by atoms with van der Waals surface area (Å²) in [5.74, 6) is 0. The zero-order valence-electron chi connectivity index (χ0n) is 30.9. The highest BCUT2D eigenvalue weighted by atomic mass is 16.3. The maximum atomic E-state index is 8.49. The van der Waals surface area contributed by atoms with Gasteiger partial charge in [-0.15, -0.1) is 0 Å². The molecule has 0 aliphatic rings. The summed E-state index contributed by atoms with van der Waals surface area (Å²) in [6.07, 6.45) is 0. The Hall–Kier alpha value is -6.38. The summed E-state index contributed by atoms with van der Waals surface area (Å²) in [7, 11) is 0. The highest BCUT2D eigenvalue weighted by Gasteiger charge is 2.17. The number of para-hydroxylation sites is 1. The summed E-state index contributed by atoms with van der Waals surface area (Å²) < 4.78 is 47.7. The van der Waals surface area contributed by atoms with E-state index in [0.717, 1.165) is 72.0 Å². The minimum Gasteiger partial charge on any atom is -0.455 e. The van der Waals surface area contributed by atoms with Crippen LogP contribution in [-0.4, -0.2) is 0 Å². The van der Waals surface area contributed by atoms with Crippen LogP contribution in [0.15, 0.2) is 192 Å². The molecule has 0 aliphatic carbocycles. The standard InChI is InChI=1S/C46H31NO/c1-3-11-32(12-4-1)33-21-26-38(27-22-33)47(44-20-9-16-35-15-7-8-17-40(35)44)39-28-23-34(24-29-39)37-25-30-45-43(31-37)42-19-10-18-41(46(42)48-45)36-13-5-2-6-14-36/h1-31H/i1D,3D,4D,11D,12D. The van der Waals surface area contributed by atoms with Crippen molar-refractivity contribution in [2.24, 2.45) is 0 Å². The van der Waals surface area contributed by atoms with Gasteiger partial charge in [0, 0.05) is 33.1 Å². The van der Waals surface area contributed by atoms with Crippen LogP contribution in [0.3, 0.4) is 0 Å². The molecule has 9 rings (SSSR count). The Morgan fingerprint density at radius 1 is 0.438 bits per heavy atom. The fraction of sp³-hybridized carbons (Fsp3) is 0. The lowest BCUT2D eigenvalue weighted by Crippen LogP contribution is -2.10. The number of fused-ring (bicyclic) bond motifs is 4. The fourth-order valence-electron chi connectivity index (χ4n) is 6.63. The smallest absolute Gasteiger partial charge is 0.143 e. The molecule has 0 aliphatic heterocycles. The summed E-state index contributed by atoms with van der Waals surface area (Å²) in [4.78, 5) is 2.19. The van der Waals surface area contributed by atoms with Crippen molar-refractivity contribution in [3.63, 3.8) is 0 Å². The average Bonchev–Trinajstić information content (AvgIpc) is 3.59. The van der Waals surface area contributed by atoms with E-state index in [1.165, 1.54) is 0 Å². The Kier molecular flexibility index (Phi) is 5.64. The van der Waals surface area contributed by atoms with Crippen molar-refractivity contribution in [3.05, 3.63) is 188 Å². The zero-order valence-corrected chi connectivity index (χ0v) is 25.9. The summed E-state index contributed by atoms with van der Waals surface area (Å²) in [5.41, 5.74) is 9.60. The number of anilines is 3. The van der Waals surface area contributed by atoms with Crippen molar-refractivity contribution >= 4 is 49.8 Å². The van der Waals surface area contributed by atoms with E-state index in [1.807, 2.05) is 66.7 Å². The van der Waals surface area contributed by atoms with Crippen LogP contribution in [0.1, 0.15) is 6.85 Å². The molecule has 9 aromatic rings. The van der Waals surface area contributed by atoms with Crippen molar-refractivity contribution in [2.45, 2.75) is 0 Å². The van der Waals surface area contributed by atoms with Gasteiger partial charge >= 0.3 is 0 Å². The second-order valence-electron chi connectivity index (χ2n) is 11.8. The minimum absolute atomic E-state index is 0.183. The van der Waals surface area contributed by atoms with Gasteiger partial charge in [-0.1, -0.05) is 145 Å². The van der Waals surface area contributed by atoms with Crippen LogP contribution in [0, 0.1) is 0 Å². The molecule has 8 aromatic carbocycles.